The van der Waals surface area contributed by atoms with E-state index in [0.29, 0.717) is 24.2 Å². The number of aromatic nitrogens is 2. The molecule has 0 saturated carbocycles. The van der Waals surface area contributed by atoms with E-state index >= 15 is 0 Å². The first-order chi connectivity index (χ1) is 11.0. The molecule has 0 bridgehead atoms. The number of imidazole rings is 1. The van der Waals surface area contributed by atoms with E-state index in [9.17, 15) is 14.9 Å². The van der Waals surface area contributed by atoms with Gasteiger partial charge in [-0.05, 0) is 24.1 Å². The number of non-ortho nitro benzene ring substituents is 1. The normalized spacial score (nSPS) is 15.6. The van der Waals surface area contributed by atoms with E-state index in [0.717, 1.165) is 11.3 Å². The van der Waals surface area contributed by atoms with Crippen LogP contribution in [0.3, 0.4) is 0 Å². The lowest BCUT2D eigenvalue weighted by atomic mass is 9.94. The van der Waals surface area contributed by atoms with Crippen LogP contribution in [0.4, 0.5) is 11.4 Å². The molecule has 1 amide bonds. The third-order valence-corrected chi connectivity index (χ3v) is 3.86. The van der Waals surface area contributed by atoms with E-state index in [1.165, 1.54) is 19.1 Å². The summed E-state index contributed by atoms with van der Waals surface area (Å²) in [4.78, 5) is 28.4. The van der Waals surface area contributed by atoms with Crippen LogP contribution in [0.1, 0.15) is 24.6 Å². The molecule has 2 heterocycles. The lowest BCUT2D eigenvalue weighted by molar-refractivity contribution is -0.384. The standard InChI is InChI=1S/C16H16N4O3/c1-11(21)19-6-5-12(7-13-9-18(2)10-17-13)15-8-14(20(22)23)3-4-16(15)19/h3-4,7-10H,5-6H2,1-2H3/b12-7+. The highest BCUT2D eigenvalue weighted by atomic mass is 16.6. The summed E-state index contributed by atoms with van der Waals surface area (Å²) in [6.07, 6.45) is 6.12. The van der Waals surface area contributed by atoms with Crippen molar-refractivity contribution in [3.63, 3.8) is 0 Å². The van der Waals surface area contributed by atoms with Gasteiger partial charge in [0.1, 0.15) is 0 Å². The van der Waals surface area contributed by atoms with Gasteiger partial charge in [-0.1, -0.05) is 0 Å². The molecule has 1 aliphatic heterocycles. The minimum absolute atomic E-state index is 0.0149. The van der Waals surface area contributed by atoms with E-state index in [1.807, 2.05) is 23.9 Å². The lowest BCUT2D eigenvalue weighted by Gasteiger charge is -2.30. The number of aryl methyl sites for hydroxylation is 1. The van der Waals surface area contributed by atoms with Gasteiger partial charge in [0.25, 0.3) is 5.69 Å². The Balaban J connectivity index is 2.12. The summed E-state index contributed by atoms with van der Waals surface area (Å²) in [7, 11) is 1.88. The van der Waals surface area contributed by atoms with Gasteiger partial charge in [-0.3, -0.25) is 14.9 Å². The zero-order chi connectivity index (χ0) is 16.6. The molecule has 0 unspecified atom stereocenters. The molecule has 0 N–H and O–H groups in total. The van der Waals surface area contributed by atoms with Crippen molar-refractivity contribution in [2.45, 2.75) is 13.3 Å². The van der Waals surface area contributed by atoms with Crippen molar-refractivity contribution >= 4 is 28.9 Å². The van der Waals surface area contributed by atoms with Gasteiger partial charge in [0.05, 0.1) is 22.6 Å². The molecule has 0 spiro atoms. The molecule has 7 nitrogen and oxygen atoms in total. The van der Waals surface area contributed by atoms with E-state index in [4.69, 9.17) is 0 Å². The average Bonchev–Trinajstić information content (AvgIpc) is 2.91. The van der Waals surface area contributed by atoms with Gasteiger partial charge in [-0.25, -0.2) is 4.98 Å². The van der Waals surface area contributed by atoms with Crippen molar-refractivity contribution in [2.75, 3.05) is 11.4 Å². The quantitative estimate of drug-likeness (QED) is 0.630. The van der Waals surface area contributed by atoms with Crippen molar-refractivity contribution in [1.29, 1.82) is 0 Å². The molecule has 0 radical (unpaired) electrons. The van der Waals surface area contributed by atoms with Crippen LogP contribution in [0.2, 0.25) is 0 Å². The lowest BCUT2D eigenvalue weighted by Crippen LogP contribution is -2.33. The van der Waals surface area contributed by atoms with Gasteiger partial charge in [-0.2, -0.15) is 0 Å². The fraction of sp³-hybridized carbons (Fsp3) is 0.250. The van der Waals surface area contributed by atoms with Crippen LogP contribution >= 0.6 is 0 Å². The molecule has 1 aliphatic rings. The predicted octanol–water partition coefficient (Wildman–Crippen LogP) is 2.63. The fourth-order valence-corrected chi connectivity index (χ4v) is 2.78. The Morgan fingerprint density at radius 3 is 2.83 bits per heavy atom. The first kappa shape index (κ1) is 15.0. The number of nitro benzene ring substituents is 1. The maximum atomic E-state index is 11.8. The van der Waals surface area contributed by atoms with Crippen molar-refractivity contribution < 1.29 is 9.72 Å². The second-order valence-corrected chi connectivity index (χ2v) is 5.51. The van der Waals surface area contributed by atoms with Gasteiger partial charge < -0.3 is 9.47 Å². The monoisotopic (exact) mass is 312 g/mol. The minimum atomic E-state index is -0.425. The van der Waals surface area contributed by atoms with Gasteiger partial charge in [0, 0.05) is 44.4 Å². The van der Waals surface area contributed by atoms with Crippen LogP contribution in [-0.4, -0.2) is 26.9 Å². The third kappa shape index (κ3) is 2.85. The topological polar surface area (TPSA) is 81.3 Å². The average molecular weight is 312 g/mol. The summed E-state index contributed by atoms with van der Waals surface area (Å²) in [6, 6.07) is 4.60. The molecule has 1 aromatic heterocycles. The van der Waals surface area contributed by atoms with Gasteiger partial charge >= 0.3 is 0 Å². The highest BCUT2D eigenvalue weighted by Gasteiger charge is 2.25. The Morgan fingerprint density at radius 2 is 2.22 bits per heavy atom. The molecular weight excluding hydrogens is 296 g/mol. The van der Waals surface area contributed by atoms with Crippen LogP contribution < -0.4 is 4.90 Å². The number of anilines is 1. The molecule has 3 rings (SSSR count). The van der Waals surface area contributed by atoms with E-state index in [2.05, 4.69) is 4.98 Å². The Bertz CT molecular complexity index is 822. The zero-order valence-corrected chi connectivity index (χ0v) is 12.9. The van der Waals surface area contributed by atoms with E-state index in [-0.39, 0.29) is 11.6 Å². The molecule has 1 aromatic carbocycles. The highest BCUT2D eigenvalue weighted by Crippen LogP contribution is 2.37. The number of carbonyl (C=O) groups is 1. The Kier molecular flexibility index (Phi) is 3.69. The summed E-state index contributed by atoms with van der Waals surface area (Å²) in [6.45, 7) is 2.05. The Labute approximate surface area is 133 Å². The van der Waals surface area contributed by atoms with Crippen molar-refractivity contribution in [2.24, 2.45) is 7.05 Å². The maximum Gasteiger partial charge on any atom is 0.270 e. The van der Waals surface area contributed by atoms with Crippen LogP contribution in [0.5, 0.6) is 0 Å². The Hall–Kier alpha value is -2.96. The fourth-order valence-electron chi connectivity index (χ4n) is 2.78. The molecule has 23 heavy (non-hydrogen) atoms. The second-order valence-electron chi connectivity index (χ2n) is 5.51. The number of hydrogen-bond acceptors (Lipinski definition) is 4. The van der Waals surface area contributed by atoms with Crippen LogP contribution in [0, 0.1) is 10.1 Å². The largest absolute Gasteiger partial charge is 0.340 e. The molecule has 0 fully saturated rings. The highest BCUT2D eigenvalue weighted by molar-refractivity contribution is 5.99. The van der Waals surface area contributed by atoms with Crippen LogP contribution in [-0.2, 0) is 11.8 Å². The van der Waals surface area contributed by atoms with Crippen molar-refractivity contribution in [3.05, 3.63) is 52.1 Å². The zero-order valence-electron chi connectivity index (χ0n) is 12.9. The number of carbonyl (C=O) groups excluding carboxylic acids is 1. The number of nitrogens with zero attached hydrogens (tertiary/aromatic N) is 4. The Morgan fingerprint density at radius 1 is 1.43 bits per heavy atom. The molecule has 7 heteroatoms. The van der Waals surface area contributed by atoms with Crippen molar-refractivity contribution in [3.8, 4) is 0 Å². The SMILES string of the molecule is CC(=O)N1CC/C(=C\c2cn(C)cn2)c2cc([N+](=O)[O-])ccc21. The summed E-state index contributed by atoms with van der Waals surface area (Å²) in [5, 5.41) is 11.1. The van der Waals surface area contributed by atoms with Gasteiger partial charge in [-0.15, -0.1) is 0 Å². The van der Waals surface area contributed by atoms with E-state index in [1.54, 1.807) is 17.3 Å². The minimum Gasteiger partial charge on any atom is -0.340 e. The summed E-state index contributed by atoms with van der Waals surface area (Å²) < 4.78 is 1.84. The predicted molar refractivity (Wildman–Crippen MR) is 86.8 cm³/mol. The molecule has 0 atom stereocenters. The number of amides is 1. The van der Waals surface area contributed by atoms with Gasteiger partial charge in [0.15, 0.2) is 0 Å². The molecule has 0 saturated heterocycles. The smallest absolute Gasteiger partial charge is 0.270 e. The second kappa shape index (κ2) is 5.68. The van der Waals surface area contributed by atoms with Gasteiger partial charge in [0.2, 0.25) is 5.91 Å². The number of nitro groups is 1. The number of rotatable bonds is 2. The summed E-state index contributed by atoms with van der Waals surface area (Å²) >= 11 is 0. The molecule has 0 aliphatic carbocycles. The van der Waals surface area contributed by atoms with Crippen LogP contribution in [0.25, 0.3) is 11.6 Å². The number of hydrogen-bond donors (Lipinski definition) is 0. The van der Waals surface area contributed by atoms with Crippen molar-refractivity contribution in [1.82, 2.24) is 9.55 Å². The first-order valence-corrected chi connectivity index (χ1v) is 7.21. The number of benzene rings is 1. The molecule has 2 aromatic rings. The van der Waals surface area contributed by atoms with Crippen LogP contribution in [0.15, 0.2) is 30.7 Å². The number of fused-ring (bicyclic) bond motifs is 1. The molecule has 118 valence electrons. The maximum absolute atomic E-state index is 11.8. The first-order valence-electron chi connectivity index (χ1n) is 7.21. The third-order valence-electron chi connectivity index (χ3n) is 3.86. The summed E-state index contributed by atoms with van der Waals surface area (Å²) in [5.74, 6) is -0.0722. The molecular formula is C16H16N4O3. The summed E-state index contributed by atoms with van der Waals surface area (Å²) in [5.41, 5.74) is 3.17. The van der Waals surface area contributed by atoms with E-state index < -0.39 is 4.92 Å².